The number of hydrogen-bond acceptors (Lipinski definition) is 11. The van der Waals surface area contributed by atoms with E-state index in [9.17, 15) is 24.3 Å². The Labute approximate surface area is 281 Å². The first-order chi connectivity index (χ1) is 21.9. The van der Waals surface area contributed by atoms with Crippen LogP contribution in [0.15, 0.2) is 34.7 Å². The third-order valence-corrected chi connectivity index (χ3v) is 12.6. The maximum atomic E-state index is 13.6. The zero-order chi connectivity index (χ0) is 34.5. The number of carbonyl (C=O) groups is 4. The Morgan fingerprint density at radius 1 is 1.06 bits per heavy atom. The van der Waals surface area contributed by atoms with Gasteiger partial charge in [-0.3, -0.25) is 14.4 Å². The van der Waals surface area contributed by atoms with Crippen LogP contribution >= 0.6 is 0 Å². The van der Waals surface area contributed by atoms with Gasteiger partial charge in [0.15, 0.2) is 11.7 Å². The molecule has 48 heavy (non-hydrogen) atoms. The lowest BCUT2D eigenvalue weighted by molar-refractivity contribution is -0.293. The maximum Gasteiger partial charge on any atom is 0.331 e. The monoisotopic (exact) mass is 674 g/mol. The topological polar surface area (TPSA) is 179 Å². The average molecular weight is 675 g/mol. The molecule has 4 unspecified atom stereocenters. The Morgan fingerprint density at radius 3 is 2.31 bits per heavy atom. The molecule has 12 heteroatoms. The van der Waals surface area contributed by atoms with Crippen LogP contribution in [-0.2, 0) is 42.9 Å². The van der Waals surface area contributed by atoms with Gasteiger partial charge in [0.05, 0.1) is 31.5 Å². The molecule has 1 aromatic rings. The van der Waals surface area contributed by atoms with Crippen molar-refractivity contribution in [1.29, 1.82) is 0 Å². The first-order valence-corrected chi connectivity index (χ1v) is 16.8. The lowest BCUT2D eigenvalue weighted by Gasteiger charge is -2.67. The van der Waals surface area contributed by atoms with Crippen molar-refractivity contribution in [2.75, 3.05) is 7.11 Å². The highest BCUT2D eigenvalue weighted by molar-refractivity contribution is 5.86. The maximum absolute atomic E-state index is 13.6. The van der Waals surface area contributed by atoms with Crippen molar-refractivity contribution in [3.63, 3.8) is 0 Å². The van der Waals surface area contributed by atoms with E-state index in [1.807, 2.05) is 34.6 Å². The smallest absolute Gasteiger partial charge is 0.331 e. The molecule has 0 amide bonds. The number of methoxy groups -OCH3 is 1. The lowest BCUT2D eigenvalue weighted by Crippen LogP contribution is -2.80. The fourth-order valence-electron chi connectivity index (χ4n) is 10.2. The van der Waals surface area contributed by atoms with E-state index in [2.05, 4.69) is 0 Å². The summed E-state index contributed by atoms with van der Waals surface area (Å²) in [6, 6.07) is 1.75. The summed E-state index contributed by atoms with van der Waals surface area (Å²) in [4.78, 5) is 53.7. The molecule has 1 spiro atoms. The molecule has 2 saturated heterocycles. The highest BCUT2D eigenvalue weighted by atomic mass is 16.6. The van der Waals surface area contributed by atoms with Gasteiger partial charge in [0.25, 0.3) is 0 Å². The Kier molecular flexibility index (Phi) is 8.79. The number of carbonyl (C=O) groups excluding carboxylic acids is 4. The molecule has 4 heterocycles. The molecule has 0 radical (unpaired) electrons. The number of furan rings is 1. The molecular formula is C36H50O12. The normalized spacial score (nSPS) is 40.8. The van der Waals surface area contributed by atoms with Crippen molar-refractivity contribution in [2.24, 2.45) is 39.9 Å². The number of rotatable bonds is 8. The number of ether oxygens (including phenoxy) is 5. The van der Waals surface area contributed by atoms with E-state index in [0.717, 1.165) is 0 Å². The van der Waals surface area contributed by atoms with E-state index in [1.54, 1.807) is 33.1 Å². The van der Waals surface area contributed by atoms with E-state index in [0.29, 0.717) is 30.4 Å². The average Bonchev–Trinajstić information content (AvgIpc) is 3.71. The van der Waals surface area contributed by atoms with Gasteiger partial charge in [-0.25, -0.2) is 4.79 Å². The zero-order valence-corrected chi connectivity index (χ0v) is 29.3. The van der Waals surface area contributed by atoms with E-state index in [1.165, 1.54) is 19.4 Å². The van der Waals surface area contributed by atoms with E-state index >= 15 is 0 Å². The summed E-state index contributed by atoms with van der Waals surface area (Å²) in [6.07, 6.45) is 1.73. The summed E-state index contributed by atoms with van der Waals surface area (Å²) in [6.45, 7) is 14.8. The molecule has 12 nitrogen and oxygen atoms in total. The van der Waals surface area contributed by atoms with Crippen molar-refractivity contribution in [1.82, 2.24) is 0 Å². The number of hydrogen-bond donors (Lipinski definition) is 1. The first-order valence-electron chi connectivity index (χ1n) is 16.8. The highest BCUT2D eigenvalue weighted by Gasteiger charge is 2.90. The van der Waals surface area contributed by atoms with Crippen LogP contribution < -0.4 is 0 Å². The SMILES string of the molecule is CCC(C)C(=O)O[C@H]1C(C)(C)[C@H](CC(=O)OC)[C@@]2(C)C3CC[C@]4(C)C(=CC(=O)O[C@H]4c4ccoc4)C34O[C@@H]2C1(O)[C@H]4OC(=O)C(C)C.O. The minimum atomic E-state index is -2.04. The summed E-state index contributed by atoms with van der Waals surface area (Å²) in [7, 11) is 1.33. The Balaban J connectivity index is 0.00000451. The van der Waals surface area contributed by atoms with Gasteiger partial charge in [-0.05, 0) is 36.8 Å². The summed E-state index contributed by atoms with van der Waals surface area (Å²) in [5.41, 5.74) is -5.08. The Hall–Kier alpha value is -3.22. The summed E-state index contributed by atoms with van der Waals surface area (Å²) in [5.74, 6) is -4.05. The predicted molar refractivity (Wildman–Crippen MR) is 169 cm³/mol. The Bertz CT molecular complexity index is 1500. The third kappa shape index (κ3) is 4.50. The minimum Gasteiger partial charge on any atom is -0.472 e. The molecule has 11 atom stereocenters. The van der Waals surface area contributed by atoms with Crippen molar-refractivity contribution < 1.29 is 57.9 Å². The zero-order valence-electron chi connectivity index (χ0n) is 29.3. The van der Waals surface area contributed by atoms with Crippen LogP contribution in [0.25, 0.3) is 0 Å². The molecule has 2 aliphatic carbocycles. The van der Waals surface area contributed by atoms with Crippen LogP contribution in [0, 0.1) is 39.9 Å². The molecule has 3 aliphatic heterocycles. The lowest BCUT2D eigenvalue weighted by atomic mass is 9.37. The molecule has 3 N–H and O–H groups in total. The molecule has 5 aliphatic rings. The van der Waals surface area contributed by atoms with Gasteiger partial charge < -0.3 is 38.7 Å². The van der Waals surface area contributed by atoms with E-state index in [4.69, 9.17) is 28.1 Å². The van der Waals surface area contributed by atoms with E-state index < -0.39 is 99.4 Å². The van der Waals surface area contributed by atoms with Gasteiger partial charge in [-0.2, -0.15) is 0 Å². The second-order valence-electron chi connectivity index (χ2n) is 15.7. The standard InChI is InChI=1S/C36H48O11.H2O/c1-10-19(4)28(40)46-29-32(5,6)22(15-24(37)42-9)34(8)21-11-13-33(7)23(16-25(38)44-26(33)20-12-14-43-17-20)36(21)31(45-27(39)18(2)3)35(29,41)30(34)47-36;/h12,14,16-19,21-22,26,29-31,41H,10-11,13,15H2,1-9H3;1H2/t19?,21?,22-,26-,29-,30-,31+,33+,34+,35?,36?;/m0./s1. The molecule has 6 rings (SSSR count). The van der Waals surface area contributed by atoms with Crippen molar-refractivity contribution in [2.45, 2.75) is 117 Å². The number of fused-ring (bicyclic) bond motifs is 2. The fraction of sp³-hybridized carbons (Fsp3) is 0.722. The van der Waals surface area contributed by atoms with Gasteiger partial charge >= 0.3 is 23.9 Å². The van der Waals surface area contributed by atoms with E-state index in [-0.39, 0.29) is 11.9 Å². The van der Waals surface area contributed by atoms with Crippen molar-refractivity contribution >= 4 is 23.9 Å². The molecule has 4 fully saturated rings. The number of esters is 4. The van der Waals surface area contributed by atoms with Gasteiger partial charge in [-0.1, -0.05) is 55.4 Å². The third-order valence-electron chi connectivity index (χ3n) is 12.6. The molecule has 266 valence electrons. The summed E-state index contributed by atoms with van der Waals surface area (Å²) >= 11 is 0. The quantitative estimate of drug-likeness (QED) is 0.311. The van der Waals surface area contributed by atoms with Gasteiger partial charge in [0.1, 0.15) is 23.9 Å². The van der Waals surface area contributed by atoms with Crippen molar-refractivity contribution in [3.8, 4) is 0 Å². The predicted octanol–water partition coefficient (Wildman–Crippen LogP) is 4.03. The summed E-state index contributed by atoms with van der Waals surface area (Å²) in [5, 5.41) is 13.3. The van der Waals surface area contributed by atoms with Crippen molar-refractivity contribution in [3.05, 3.63) is 35.8 Å². The van der Waals surface area contributed by atoms with Crippen LogP contribution in [0.5, 0.6) is 0 Å². The Morgan fingerprint density at radius 2 is 1.73 bits per heavy atom. The van der Waals surface area contributed by atoms with Crippen LogP contribution in [0.1, 0.15) is 92.7 Å². The van der Waals surface area contributed by atoms with Crippen LogP contribution in [-0.4, -0.2) is 71.1 Å². The molecule has 2 bridgehead atoms. The summed E-state index contributed by atoms with van der Waals surface area (Å²) < 4.78 is 36.4. The number of aliphatic hydroxyl groups is 1. The number of cyclic esters (lactones) is 1. The minimum absolute atomic E-state index is 0. The van der Waals surface area contributed by atoms with Crippen LogP contribution in [0.3, 0.4) is 0 Å². The van der Waals surface area contributed by atoms with Gasteiger partial charge in [0, 0.05) is 40.2 Å². The molecule has 2 saturated carbocycles. The highest BCUT2D eigenvalue weighted by Crippen LogP contribution is 2.79. The molecule has 0 aromatic carbocycles. The second kappa shape index (κ2) is 11.7. The first kappa shape index (κ1) is 36.1. The van der Waals surface area contributed by atoms with Crippen LogP contribution in [0.4, 0.5) is 0 Å². The van der Waals surface area contributed by atoms with Gasteiger partial charge in [0.2, 0.25) is 0 Å². The largest absolute Gasteiger partial charge is 0.472 e. The molecule has 1 aromatic heterocycles. The van der Waals surface area contributed by atoms with Gasteiger partial charge in [-0.15, -0.1) is 0 Å². The molecular weight excluding hydrogens is 624 g/mol. The van der Waals surface area contributed by atoms with Crippen LogP contribution in [0.2, 0.25) is 0 Å². The fourth-order valence-corrected chi connectivity index (χ4v) is 10.2. The second-order valence-corrected chi connectivity index (χ2v) is 15.7.